The van der Waals surface area contributed by atoms with Gasteiger partial charge in [0, 0.05) is 0 Å². The molecule has 0 bridgehead atoms. The number of methoxy groups -OCH3 is 1. The quantitative estimate of drug-likeness (QED) is 0.778. The topological polar surface area (TPSA) is 52.6 Å². The van der Waals surface area contributed by atoms with Gasteiger partial charge in [-0.05, 0) is 30.5 Å². The average Bonchev–Trinajstić information content (AvgIpc) is 2.58. The average molecular weight is 344 g/mol. The summed E-state index contributed by atoms with van der Waals surface area (Å²) in [6, 6.07) is 6.25. The zero-order valence-corrected chi connectivity index (χ0v) is 13.3. The Morgan fingerprint density at radius 1 is 1.21 bits per heavy atom. The van der Waals surface area contributed by atoms with Gasteiger partial charge in [0.25, 0.3) is 0 Å². The van der Waals surface area contributed by atoms with Crippen molar-refractivity contribution >= 4 is 11.9 Å². The number of alkyl halides is 3. The first-order valence-electron chi connectivity index (χ1n) is 7.73. The van der Waals surface area contributed by atoms with Crippen LogP contribution < -0.4 is 0 Å². The van der Waals surface area contributed by atoms with E-state index in [9.17, 15) is 22.8 Å². The Bertz CT molecular complexity index is 598. The summed E-state index contributed by atoms with van der Waals surface area (Å²) < 4.78 is 48.8. The smallest absolute Gasteiger partial charge is 0.392 e. The Morgan fingerprint density at radius 3 is 2.58 bits per heavy atom. The Hall–Kier alpha value is -2.05. The van der Waals surface area contributed by atoms with Gasteiger partial charge in [0.1, 0.15) is 6.61 Å². The first-order chi connectivity index (χ1) is 11.3. The van der Waals surface area contributed by atoms with Gasteiger partial charge in [-0.25, -0.2) is 4.79 Å². The molecule has 1 fully saturated rings. The van der Waals surface area contributed by atoms with Gasteiger partial charge in [-0.2, -0.15) is 13.2 Å². The second-order valence-corrected chi connectivity index (χ2v) is 5.84. The van der Waals surface area contributed by atoms with Crippen LogP contribution in [0.2, 0.25) is 0 Å². The van der Waals surface area contributed by atoms with Crippen molar-refractivity contribution in [1.29, 1.82) is 0 Å². The fourth-order valence-electron chi connectivity index (χ4n) is 2.97. The van der Waals surface area contributed by atoms with Gasteiger partial charge < -0.3 is 9.47 Å². The third kappa shape index (κ3) is 4.49. The van der Waals surface area contributed by atoms with Gasteiger partial charge in [-0.15, -0.1) is 0 Å². The highest BCUT2D eigenvalue weighted by molar-refractivity contribution is 5.89. The van der Waals surface area contributed by atoms with Crippen molar-refractivity contribution in [2.45, 2.75) is 38.5 Å². The number of carbonyl (C=O) groups is 2. The van der Waals surface area contributed by atoms with Crippen LogP contribution in [0, 0.1) is 11.8 Å². The summed E-state index contributed by atoms with van der Waals surface area (Å²) in [7, 11) is 1.25. The SMILES string of the molecule is COC(=O)c1cccc(COC(=O)C2CCCCC2C(F)(F)F)c1. The van der Waals surface area contributed by atoms with Gasteiger partial charge >= 0.3 is 18.1 Å². The largest absolute Gasteiger partial charge is 0.465 e. The van der Waals surface area contributed by atoms with Crippen molar-refractivity contribution in [2.24, 2.45) is 11.8 Å². The van der Waals surface area contributed by atoms with E-state index in [-0.39, 0.29) is 25.0 Å². The summed E-state index contributed by atoms with van der Waals surface area (Å²) >= 11 is 0. The number of rotatable bonds is 4. The van der Waals surface area contributed by atoms with Crippen LogP contribution in [-0.2, 0) is 20.9 Å². The van der Waals surface area contributed by atoms with Crippen molar-refractivity contribution in [1.82, 2.24) is 0 Å². The molecule has 0 amide bonds. The van der Waals surface area contributed by atoms with Crippen LogP contribution in [0.5, 0.6) is 0 Å². The molecule has 1 saturated carbocycles. The van der Waals surface area contributed by atoms with E-state index in [0.717, 1.165) is 0 Å². The van der Waals surface area contributed by atoms with E-state index in [0.29, 0.717) is 18.4 Å². The lowest BCUT2D eigenvalue weighted by molar-refractivity contribution is -0.205. The Kier molecular flexibility index (Phi) is 5.85. The first kappa shape index (κ1) is 18.3. The molecule has 1 aromatic rings. The van der Waals surface area contributed by atoms with E-state index < -0.39 is 30.0 Å². The third-order valence-electron chi connectivity index (χ3n) is 4.22. The van der Waals surface area contributed by atoms with Crippen molar-refractivity contribution in [3.05, 3.63) is 35.4 Å². The number of ether oxygens (including phenoxy) is 2. The number of halogens is 3. The molecule has 2 unspecified atom stereocenters. The molecular formula is C17H19F3O4. The predicted octanol–water partition coefficient (Wildman–Crippen LogP) is 3.89. The standard InChI is InChI=1S/C17H19F3O4/c1-23-15(21)12-6-4-5-11(9-12)10-24-16(22)13-7-2-3-8-14(13)17(18,19)20/h4-6,9,13-14H,2-3,7-8,10H2,1H3. The Labute approximate surface area is 137 Å². The van der Waals surface area contributed by atoms with Crippen molar-refractivity contribution in [3.63, 3.8) is 0 Å². The molecule has 1 aromatic carbocycles. The van der Waals surface area contributed by atoms with Gasteiger partial charge in [-0.1, -0.05) is 25.0 Å². The molecule has 0 radical (unpaired) electrons. The molecule has 0 aromatic heterocycles. The van der Waals surface area contributed by atoms with E-state index in [1.165, 1.54) is 19.2 Å². The lowest BCUT2D eigenvalue weighted by atomic mass is 9.79. The van der Waals surface area contributed by atoms with Crippen LogP contribution in [0.25, 0.3) is 0 Å². The molecule has 0 saturated heterocycles. The van der Waals surface area contributed by atoms with E-state index in [4.69, 9.17) is 4.74 Å². The van der Waals surface area contributed by atoms with Crippen LogP contribution in [0.15, 0.2) is 24.3 Å². The van der Waals surface area contributed by atoms with Crippen LogP contribution in [0.3, 0.4) is 0 Å². The molecule has 7 heteroatoms. The monoisotopic (exact) mass is 344 g/mol. The highest BCUT2D eigenvalue weighted by Crippen LogP contribution is 2.42. The maximum Gasteiger partial charge on any atom is 0.392 e. The number of esters is 2. The molecule has 2 atom stereocenters. The molecule has 2 rings (SSSR count). The molecule has 0 N–H and O–H groups in total. The minimum absolute atomic E-state index is 0.0406. The molecule has 0 spiro atoms. The molecule has 1 aliphatic rings. The zero-order chi connectivity index (χ0) is 17.7. The first-order valence-corrected chi connectivity index (χ1v) is 7.73. The normalized spacial score (nSPS) is 21.2. The Balaban J connectivity index is 2.00. The number of carbonyl (C=O) groups excluding carboxylic acids is 2. The van der Waals surface area contributed by atoms with E-state index in [2.05, 4.69) is 4.74 Å². The number of benzene rings is 1. The molecule has 0 aliphatic heterocycles. The van der Waals surface area contributed by atoms with E-state index in [1.807, 2.05) is 0 Å². The van der Waals surface area contributed by atoms with Gasteiger partial charge in [0.2, 0.25) is 0 Å². The van der Waals surface area contributed by atoms with E-state index >= 15 is 0 Å². The Morgan fingerprint density at radius 2 is 1.92 bits per heavy atom. The fraction of sp³-hybridized carbons (Fsp3) is 0.529. The summed E-state index contributed by atoms with van der Waals surface area (Å²) in [5.41, 5.74) is 0.808. The third-order valence-corrected chi connectivity index (χ3v) is 4.22. The number of hydrogen-bond acceptors (Lipinski definition) is 4. The molecular weight excluding hydrogens is 325 g/mol. The molecule has 4 nitrogen and oxygen atoms in total. The molecule has 24 heavy (non-hydrogen) atoms. The minimum Gasteiger partial charge on any atom is -0.465 e. The fourth-order valence-corrected chi connectivity index (χ4v) is 2.97. The van der Waals surface area contributed by atoms with Gasteiger partial charge in [-0.3, -0.25) is 4.79 Å². The van der Waals surface area contributed by atoms with Gasteiger partial charge in [0.15, 0.2) is 0 Å². The summed E-state index contributed by atoms with van der Waals surface area (Å²) in [4.78, 5) is 23.5. The molecule has 132 valence electrons. The van der Waals surface area contributed by atoms with Crippen LogP contribution in [0.1, 0.15) is 41.6 Å². The summed E-state index contributed by atoms with van der Waals surface area (Å²) in [5, 5.41) is 0. The number of hydrogen-bond donors (Lipinski definition) is 0. The zero-order valence-electron chi connectivity index (χ0n) is 13.3. The van der Waals surface area contributed by atoms with Gasteiger partial charge in [0.05, 0.1) is 24.5 Å². The maximum atomic E-state index is 13.0. The lowest BCUT2D eigenvalue weighted by Gasteiger charge is -2.31. The highest BCUT2D eigenvalue weighted by atomic mass is 19.4. The summed E-state index contributed by atoms with van der Waals surface area (Å²) in [6.07, 6.45) is -3.19. The second-order valence-electron chi connectivity index (χ2n) is 5.84. The highest BCUT2D eigenvalue weighted by Gasteiger charge is 2.48. The van der Waals surface area contributed by atoms with Crippen molar-refractivity contribution < 1.29 is 32.2 Å². The molecule has 0 heterocycles. The summed E-state index contributed by atoms with van der Waals surface area (Å²) in [6.45, 7) is -0.176. The summed E-state index contributed by atoms with van der Waals surface area (Å²) in [5.74, 6) is -4.16. The maximum absolute atomic E-state index is 13.0. The minimum atomic E-state index is -4.39. The van der Waals surface area contributed by atoms with Crippen molar-refractivity contribution in [2.75, 3.05) is 7.11 Å². The predicted molar refractivity (Wildman–Crippen MR) is 79.1 cm³/mol. The van der Waals surface area contributed by atoms with E-state index in [1.54, 1.807) is 12.1 Å². The lowest BCUT2D eigenvalue weighted by Crippen LogP contribution is -2.38. The molecule has 1 aliphatic carbocycles. The van der Waals surface area contributed by atoms with Crippen LogP contribution in [-0.4, -0.2) is 25.2 Å². The van der Waals surface area contributed by atoms with Crippen molar-refractivity contribution in [3.8, 4) is 0 Å². The van der Waals surface area contributed by atoms with Crippen LogP contribution in [0.4, 0.5) is 13.2 Å². The van der Waals surface area contributed by atoms with Crippen LogP contribution >= 0.6 is 0 Å². The second kappa shape index (κ2) is 7.68.